The molecule has 0 spiro atoms. The summed E-state index contributed by atoms with van der Waals surface area (Å²) in [7, 11) is 0. The first-order valence-electron chi connectivity index (χ1n) is 7.21. The number of aliphatic hydroxyl groups is 1. The summed E-state index contributed by atoms with van der Waals surface area (Å²) in [6, 6.07) is 0.395. The highest BCUT2D eigenvalue weighted by Crippen LogP contribution is 2.36. The molecular weight excluding hydrogens is 322 g/mol. The van der Waals surface area contributed by atoms with Crippen LogP contribution < -0.4 is 10.9 Å². The molecule has 0 aromatic carbocycles. The van der Waals surface area contributed by atoms with E-state index in [0.29, 0.717) is 16.4 Å². The molecule has 5 nitrogen and oxygen atoms in total. The lowest BCUT2D eigenvalue weighted by atomic mass is 9.93. The van der Waals surface area contributed by atoms with Crippen LogP contribution in [0.4, 0.5) is 5.69 Å². The van der Waals surface area contributed by atoms with Gasteiger partial charge in [-0.2, -0.15) is 5.10 Å². The van der Waals surface area contributed by atoms with Gasteiger partial charge in [0.05, 0.1) is 25.0 Å². The van der Waals surface area contributed by atoms with E-state index in [2.05, 4.69) is 40.2 Å². The van der Waals surface area contributed by atoms with Crippen molar-refractivity contribution in [1.82, 2.24) is 9.78 Å². The topological polar surface area (TPSA) is 67.2 Å². The zero-order valence-corrected chi connectivity index (χ0v) is 13.6. The monoisotopic (exact) mass is 343 g/mol. The van der Waals surface area contributed by atoms with Gasteiger partial charge in [-0.05, 0) is 40.6 Å². The quantitative estimate of drug-likeness (QED) is 0.860. The normalized spacial score (nSPS) is 25.9. The molecule has 1 fully saturated rings. The van der Waals surface area contributed by atoms with Crippen molar-refractivity contribution >= 4 is 21.6 Å². The summed E-state index contributed by atoms with van der Waals surface area (Å²) in [4.78, 5) is 12.1. The molecule has 1 aromatic heterocycles. The zero-order chi connectivity index (χ0) is 14.7. The molecule has 2 rings (SSSR count). The van der Waals surface area contributed by atoms with Crippen molar-refractivity contribution in [3.05, 3.63) is 21.0 Å². The lowest BCUT2D eigenvalue weighted by Gasteiger charge is -2.22. The third kappa shape index (κ3) is 3.06. The van der Waals surface area contributed by atoms with Crippen molar-refractivity contribution < 1.29 is 5.11 Å². The highest BCUT2D eigenvalue weighted by molar-refractivity contribution is 9.10. The second kappa shape index (κ2) is 6.72. The van der Waals surface area contributed by atoms with Gasteiger partial charge in [-0.15, -0.1) is 0 Å². The van der Waals surface area contributed by atoms with E-state index in [4.69, 9.17) is 5.11 Å². The van der Waals surface area contributed by atoms with Crippen LogP contribution in [0.5, 0.6) is 0 Å². The van der Waals surface area contributed by atoms with E-state index in [9.17, 15) is 4.79 Å². The van der Waals surface area contributed by atoms with Crippen molar-refractivity contribution in [1.29, 1.82) is 0 Å². The number of nitrogens with one attached hydrogen (secondary N) is 1. The van der Waals surface area contributed by atoms with Gasteiger partial charge in [0.2, 0.25) is 0 Å². The van der Waals surface area contributed by atoms with Crippen LogP contribution in [0.15, 0.2) is 15.5 Å². The second-order valence-electron chi connectivity index (χ2n) is 5.48. The Hall–Kier alpha value is -0.880. The number of aromatic nitrogens is 2. The fourth-order valence-electron chi connectivity index (χ4n) is 3.05. The first-order valence-corrected chi connectivity index (χ1v) is 8.00. The first kappa shape index (κ1) is 15.5. The number of aliphatic hydroxyl groups excluding tert-OH is 1. The van der Waals surface area contributed by atoms with Crippen LogP contribution in [0, 0.1) is 11.8 Å². The maximum atomic E-state index is 12.1. The van der Waals surface area contributed by atoms with Crippen LogP contribution in [-0.4, -0.2) is 27.5 Å². The minimum Gasteiger partial charge on any atom is -0.394 e. The minimum atomic E-state index is -0.207. The van der Waals surface area contributed by atoms with Gasteiger partial charge in [-0.1, -0.05) is 20.3 Å². The standard InChI is InChI=1S/C14H22BrN3O2/c1-3-10-4-5-11(9(10)2)17-12-8-16-18(6-7-19)14(20)13(12)15/h8-11,17,19H,3-7H2,1-2H3. The number of halogens is 1. The molecule has 1 aliphatic rings. The summed E-state index contributed by atoms with van der Waals surface area (Å²) < 4.78 is 1.76. The van der Waals surface area contributed by atoms with Gasteiger partial charge in [0, 0.05) is 6.04 Å². The van der Waals surface area contributed by atoms with Gasteiger partial charge in [0.15, 0.2) is 0 Å². The van der Waals surface area contributed by atoms with E-state index >= 15 is 0 Å². The Balaban J connectivity index is 2.15. The Bertz CT molecular complexity index is 518. The van der Waals surface area contributed by atoms with E-state index in [1.54, 1.807) is 6.20 Å². The molecule has 1 aromatic rings. The molecule has 112 valence electrons. The van der Waals surface area contributed by atoms with Gasteiger partial charge in [-0.25, -0.2) is 4.68 Å². The van der Waals surface area contributed by atoms with Crippen molar-refractivity contribution in [3.63, 3.8) is 0 Å². The average molecular weight is 344 g/mol. The molecule has 1 saturated carbocycles. The third-order valence-electron chi connectivity index (χ3n) is 4.39. The Labute approximate surface area is 127 Å². The number of hydrogen-bond acceptors (Lipinski definition) is 4. The number of anilines is 1. The summed E-state index contributed by atoms with van der Waals surface area (Å²) in [6.07, 6.45) is 5.23. The summed E-state index contributed by atoms with van der Waals surface area (Å²) >= 11 is 3.34. The Morgan fingerprint density at radius 2 is 2.30 bits per heavy atom. The Morgan fingerprint density at radius 3 is 2.90 bits per heavy atom. The summed E-state index contributed by atoms with van der Waals surface area (Å²) in [5.74, 6) is 1.36. The van der Waals surface area contributed by atoms with Crippen molar-refractivity contribution in [3.8, 4) is 0 Å². The average Bonchev–Trinajstić information content (AvgIpc) is 2.79. The van der Waals surface area contributed by atoms with Crippen molar-refractivity contribution in [2.24, 2.45) is 11.8 Å². The van der Waals surface area contributed by atoms with E-state index in [1.165, 1.54) is 17.5 Å². The smallest absolute Gasteiger partial charge is 0.283 e. The molecule has 0 radical (unpaired) electrons. The van der Waals surface area contributed by atoms with E-state index in [0.717, 1.165) is 18.0 Å². The maximum absolute atomic E-state index is 12.1. The van der Waals surface area contributed by atoms with Crippen LogP contribution in [-0.2, 0) is 6.54 Å². The van der Waals surface area contributed by atoms with Gasteiger partial charge < -0.3 is 10.4 Å². The largest absolute Gasteiger partial charge is 0.394 e. The molecule has 1 heterocycles. The van der Waals surface area contributed by atoms with Gasteiger partial charge in [0.25, 0.3) is 5.56 Å². The van der Waals surface area contributed by atoms with Crippen LogP contribution in [0.25, 0.3) is 0 Å². The number of hydrogen-bond donors (Lipinski definition) is 2. The Kier molecular flexibility index (Phi) is 5.21. The van der Waals surface area contributed by atoms with Gasteiger partial charge in [0.1, 0.15) is 4.47 Å². The highest BCUT2D eigenvalue weighted by atomic mass is 79.9. The van der Waals surface area contributed by atoms with Gasteiger partial charge in [-0.3, -0.25) is 4.79 Å². The van der Waals surface area contributed by atoms with Crippen LogP contribution in [0.2, 0.25) is 0 Å². The van der Waals surface area contributed by atoms with E-state index < -0.39 is 0 Å². The van der Waals surface area contributed by atoms with Gasteiger partial charge >= 0.3 is 0 Å². The molecule has 3 unspecified atom stereocenters. The van der Waals surface area contributed by atoms with Crippen molar-refractivity contribution in [2.75, 3.05) is 11.9 Å². The predicted octanol–water partition coefficient (Wildman–Crippen LogP) is 2.23. The number of rotatable bonds is 5. The summed E-state index contributed by atoms with van der Waals surface area (Å²) in [5.41, 5.74) is 0.541. The molecule has 6 heteroatoms. The molecule has 0 amide bonds. The lowest BCUT2D eigenvalue weighted by Crippen LogP contribution is -2.29. The molecule has 2 N–H and O–H groups in total. The van der Waals surface area contributed by atoms with E-state index in [1.807, 2.05) is 0 Å². The second-order valence-corrected chi connectivity index (χ2v) is 6.27. The molecule has 0 bridgehead atoms. The fraction of sp³-hybridized carbons (Fsp3) is 0.714. The first-order chi connectivity index (χ1) is 9.58. The zero-order valence-electron chi connectivity index (χ0n) is 12.0. The molecule has 3 atom stereocenters. The molecular formula is C14H22BrN3O2. The van der Waals surface area contributed by atoms with Crippen molar-refractivity contribution in [2.45, 2.75) is 45.7 Å². The molecule has 0 saturated heterocycles. The van der Waals surface area contributed by atoms with Crippen LogP contribution in [0.1, 0.15) is 33.1 Å². The highest BCUT2D eigenvalue weighted by Gasteiger charge is 2.31. The molecule has 0 aliphatic heterocycles. The maximum Gasteiger partial charge on any atom is 0.283 e. The SMILES string of the molecule is CCC1CCC(Nc2cnn(CCO)c(=O)c2Br)C1C. The minimum absolute atomic E-state index is 0.0933. The predicted molar refractivity (Wildman–Crippen MR) is 82.9 cm³/mol. The molecule has 1 aliphatic carbocycles. The van der Waals surface area contributed by atoms with E-state index in [-0.39, 0.29) is 18.7 Å². The van der Waals surface area contributed by atoms with Crippen LogP contribution in [0.3, 0.4) is 0 Å². The Morgan fingerprint density at radius 1 is 1.55 bits per heavy atom. The molecule has 20 heavy (non-hydrogen) atoms. The summed E-state index contributed by atoms with van der Waals surface area (Å²) in [5, 5.41) is 16.4. The third-order valence-corrected chi connectivity index (χ3v) is 5.16. The fourth-order valence-corrected chi connectivity index (χ4v) is 3.47. The van der Waals surface area contributed by atoms with Crippen LogP contribution >= 0.6 is 15.9 Å². The lowest BCUT2D eigenvalue weighted by molar-refractivity contribution is 0.266. The summed E-state index contributed by atoms with van der Waals surface area (Å²) in [6.45, 7) is 4.63. The number of nitrogens with zero attached hydrogens (tertiary/aromatic N) is 2.